The van der Waals surface area contributed by atoms with Gasteiger partial charge in [0.2, 0.25) is 0 Å². The molecule has 17 heavy (non-hydrogen) atoms. The summed E-state index contributed by atoms with van der Waals surface area (Å²) in [5.41, 5.74) is 0. The zero-order valence-electron chi connectivity index (χ0n) is 9.86. The predicted molar refractivity (Wildman–Crippen MR) is 69.0 cm³/mol. The zero-order valence-corrected chi connectivity index (χ0v) is 10.7. The molecule has 0 aliphatic carbocycles. The highest BCUT2D eigenvalue weighted by Crippen LogP contribution is 1.97. The van der Waals surface area contributed by atoms with Gasteiger partial charge in [0.1, 0.15) is 6.04 Å². The van der Waals surface area contributed by atoms with E-state index in [0.29, 0.717) is 30.9 Å². The molecule has 0 rings (SSSR count). The Morgan fingerprint density at radius 3 is 2.76 bits per heavy atom. The molecule has 5 nitrogen and oxygen atoms in total. The highest BCUT2D eigenvalue weighted by Gasteiger charge is 2.17. The van der Waals surface area contributed by atoms with Crippen LogP contribution in [0, 0.1) is 12.3 Å². The summed E-state index contributed by atoms with van der Waals surface area (Å²) in [7, 11) is 0. The van der Waals surface area contributed by atoms with Gasteiger partial charge in [-0.2, -0.15) is 0 Å². The Hall–Kier alpha value is -1.35. The first kappa shape index (κ1) is 15.7. The number of hydrogen-bond acceptors (Lipinski definition) is 3. The highest BCUT2D eigenvalue weighted by molar-refractivity contribution is 7.99. The summed E-state index contributed by atoms with van der Waals surface area (Å²) >= 11 is 1.54. The van der Waals surface area contributed by atoms with Crippen LogP contribution in [0.5, 0.6) is 0 Å². The minimum atomic E-state index is -1.01. The molecule has 0 aromatic heterocycles. The largest absolute Gasteiger partial charge is 0.480 e. The summed E-state index contributed by atoms with van der Waals surface area (Å²) in [5.74, 6) is 2.79. The van der Waals surface area contributed by atoms with Crippen molar-refractivity contribution in [1.29, 1.82) is 0 Å². The minimum absolute atomic E-state index is 0.425. The second kappa shape index (κ2) is 9.85. The lowest BCUT2D eigenvalue weighted by molar-refractivity contribution is -0.139. The molecule has 96 valence electrons. The van der Waals surface area contributed by atoms with E-state index in [9.17, 15) is 9.59 Å². The summed E-state index contributed by atoms with van der Waals surface area (Å²) in [6.07, 6.45) is 6.20. The van der Waals surface area contributed by atoms with Crippen molar-refractivity contribution in [2.24, 2.45) is 0 Å². The van der Waals surface area contributed by atoms with Crippen molar-refractivity contribution in [2.75, 3.05) is 18.1 Å². The number of carboxylic acid groups (broad SMARTS) is 1. The Morgan fingerprint density at radius 2 is 2.24 bits per heavy atom. The maximum absolute atomic E-state index is 11.3. The van der Waals surface area contributed by atoms with Gasteiger partial charge in [0.05, 0.1) is 5.75 Å². The average molecular weight is 258 g/mol. The Labute approximate surface area is 106 Å². The molecule has 0 aliphatic rings. The number of rotatable bonds is 8. The molecule has 2 amide bonds. The molecule has 0 heterocycles. The summed E-state index contributed by atoms with van der Waals surface area (Å²) in [4.78, 5) is 22.1. The third-order valence-corrected chi connectivity index (χ3v) is 2.76. The number of nitrogens with one attached hydrogen (secondary N) is 2. The number of urea groups is 1. The van der Waals surface area contributed by atoms with Crippen LogP contribution in [0.15, 0.2) is 0 Å². The van der Waals surface area contributed by atoms with Crippen molar-refractivity contribution < 1.29 is 14.7 Å². The highest BCUT2D eigenvalue weighted by atomic mass is 32.2. The van der Waals surface area contributed by atoms with Gasteiger partial charge in [-0.15, -0.1) is 18.2 Å². The van der Waals surface area contributed by atoms with Gasteiger partial charge in [-0.3, -0.25) is 0 Å². The van der Waals surface area contributed by atoms with Crippen LogP contribution >= 0.6 is 11.8 Å². The first-order valence-electron chi connectivity index (χ1n) is 5.40. The van der Waals surface area contributed by atoms with Gasteiger partial charge < -0.3 is 15.7 Å². The average Bonchev–Trinajstić information content (AvgIpc) is 2.28. The van der Waals surface area contributed by atoms with Gasteiger partial charge in [0, 0.05) is 12.3 Å². The zero-order chi connectivity index (χ0) is 13.1. The van der Waals surface area contributed by atoms with Crippen LogP contribution < -0.4 is 10.6 Å². The van der Waals surface area contributed by atoms with Gasteiger partial charge in [0.15, 0.2) is 0 Å². The van der Waals surface area contributed by atoms with Crippen molar-refractivity contribution >= 4 is 23.8 Å². The summed E-state index contributed by atoms with van der Waals surface area (Å²) in [6, 6.07) is -1.27. The fourth-order valence-electron chi connectivity index (χ4n) is 1.12. The molecule has 6 heteroatoms. The van der Waals surface area contributed by atoms with Crippen LogP contribution in [-0.4, -0.2) is 41.2 Å². The molecule has 1 atom stereocenters. The quantitative estimate of drug-likeness (QED) is 0.446. The number of carbonyl (C=O) groups is 2. The van der Waals surface area contributed by atoms with E-state index in [1.165, 1.54) is 11.8 Å². The smallest absolute Gasteiger partial charge is 0.326 e. The SMILES string of the molecule is C#CCSCCNC(=O)NC(CCC)C(=O)O. The Balaban J connectivity index is 3.75. The molecule has 0 aromatic rings. The van der Waals surface area contributed by atoms with Crippen LogP contribution in [0.25, 0.3) is 0 Å². The van der Waals surface area contributed by atoms with E-state index in [0.717, 1.165) is 0 Å². The maximum atomic E-state index is 11.3. The Kier molecular flexibility index (Phi) is 9.06. The Morgan fingerprint density at radius 1 is 1.53 bits per heavy atom. The number of aliphatic carboxylic acids is 1. The lowest BCUT2D eigenvalue weighted by Gasteiger charge is -2.14. The molecule has 0 radical (unpaired) electrons. The lowest BCUT2D eigenvalue weighted by atomic mass is 10.2. The van der Waals surface area contributed by atoms with Gasteiger partial charge in [0.25, 0.3) is 0 Å². The molecular weight excluding hydrogens is 240 g/mol. The first-order valence-corrected chi connectivity index (χ1v) is 6.55. The van der Waals surface area contributed by atoms with E-state index in [2.05, 4.69) is 16.6 Å². The van der Waals surface area contributed by atoms with E-state index in [1.807, 2.05) is 6.92 Å². The van der Waals surface area contributed by atoms with Crippen molar-refractivity contribution in [3.8, 4) is 12.3 Å². The Bertz CT molecular complexity index is 289. The van der Waals surface area contributed by atoms with E-state index in [-0.39, 0.29) is 0 Å². The topological polar surface area (TPSA) is 78.4 Å². The molecule has 0 bridgehead atoms. The second-order valence-electron chi connectivity index (χ2n) is 3.34. The minimum Gasteiger partial charge on any atom is -0.480 e. The third-order valence-electron chi connectivity index (χ3n) is 1.90. The van der Waals surface area contributed by atoms with Crippen molar-refractivity contribution in [3.63, 3.8) is 0 Å². The van der Waals surface area contributed by atoms with E-state index in [4.69, 9.17) is 11.5 Å². The molecule has 0 aromatic carbocycles. The molecule has 3 N–H and O–H groups in total. The summed E-state index contributed by atoms with van der Waals surface area (Å²) in [5, 5.41) is 13.8. The van der Waals surface area contributed by atoms with Crippen LogP contribution in [0.2, 0.25) is 0 Å². The molecular formula is C11H18N2O3S. The van der Waals surface area contributed by atoms with Crippen molar-refractivity contribution in [1.82, 2.24) is 10.6 Å². The monoisotopic (exact) mass is 258 g/mol. The van der Waals surface area contributed by atoms with Gasteiger partial charge >= 0.3 is 12.0 Å². The molecule has 0 aliphatic heterocycles. The number of carbonyl (C=O) groups excluding carboxylic acids is 1. The van der Waals surface area contributed by atoms with Gasteiger partial charge in [-0.1, -0.05) is 19.3 Å². The number of amides is 2. The lowest BCUT2D eigenvalue weighted by Crippen LogP contribution is -2.46. The van der Waals surface area contributed by atoms with Crippen molar-refractivity contribution in [2.45, 2.75) is 25.8 Å². The van der Waals surface area contributed by atoms with Crippen LogP contribution in [0.1, 0.15) is 19.8 Å². The van der Waals surface area contributed by atoms with E-state index >= 15 is 0 Å². The van der Waals surface area contributed by atoms with Crippen molar-refractivity contribution in [3.05, 3.63) is 0 Å². The number of terminal acetylenes is 1. The normalized spacial score (nSPS) is 11.3. The maximum Gasteiger partial charge on any atom is 0.326 e. The number of carboxylic acids is 1. The summed E-state index contributed by atoms with van der Waals surface area (Å²) in [6.45, 7) is 2.34. The van der Waals surface area contributed by atoms with Crippen LogP contribution in [0.3, 0.4) is 0 Å². The standard InChI is InChI=1S/C11H18N2O3S/c1-3-5-9(10(14)15)13-11(16)12-6-8-17-7-4-2/h2,9H,3,5-8H2,1H3,(H,14,15)(H2,12,13,16). The molecule has 0 saturated carbocycles. The molecule has 1 unspecified atom stereocenters. The third kappa shape index (κ3) is 8.46. The predicted octanol–water partition coefficient (Wildman–Crippen LogP) is 0.905. The number of hydrogen-bond donors (Lipinski definition) is 3. The fourth-order valence-corrected chi connectivity index (χ4v) is 1.63. The van der Waals surface area contributed by atoms with Crippen LogP contribution in [-0.2, 0) is 4.79 Å². The molecule has 0 fully saturated rings. The second-order valence-corrected chi connectivity index (χ2v) is 4.44. The van der Waals surface area contributed by atoms with E-state index < -0.39 is 18.0 Å². The summed E-state index contributed by atoms with van der Waals surface area (Å²) < 4.78 is 0. The molecule has 0 saturated heterocycles. The molecule has 0 spiro atoms. The van der Waals surface area contributed by atoms with Crippen LogP contribution in [0.4, 0.5) is 4.79 Å². The van der Waals surface area contributed by atoms with E-state index in [1.54, 1.807) is 0 Å². The number of thioether (sulfide) groups is 1. The first-order chi connectivity index (χ1) is 8.11. The fraction of sp³-hybridized carbons (Fsp3) is 0.636. The van der Waals surface area contributed by atoms with Gasteiger partial charge in [-0.05, 0) is 6.42 Å². The van der Waals surface area contributed by atoms with Gasteiger partial charge in [-0.25, -0.2) is 9.59 Å².